The zero-order valence-corrected chi connectivity index (χ0v) is 31.4. The summed E-state index contributed by atoms with van der Waals surface area (Å²) in [6, 6.07) is 12.1. The molecule has 0 heterocycles. The highest BCUT2D eigenvalue weighted by Gasteiger charge is 2.31. The number of aliphatic hydroxyl groups is 1. The van der Waals surface area contributed by atoms with Gasteiger partial charge in [-0.15, -0.1) is 0 Å². The van der Waals surface area contributed by atoms with E-state index in [2.05, 4.69) is 23.9 Å². The van der Waals surface area contributed by atoms with E-state index in [-0.39, 0.29) is 42.1 Å². The van der Waals surface area contributed by atoms with Crippen LogP contribution in [-0.2, 0) is 26.0 Å². The Hall–Kier alpha value is -2.70. The number of nitrogens with one attached hydrogen (secondary N) is 2. The number of hydrogen-bond donors (Lipinski definition) is 4. The second-order valence-corrected chi connectivity index (χ2v) is 16.2. The summed E-state index contributed by atoms with van der Waals surface area (Å²) >= 11 is 0. The molecule has 0 aliphatic rings. The van der Waals surface area contributed by atoms with Gasteiger partial charge >= 0.3 is 0 Å². The first-order valence-corrected chi connectivity index (χ1v) is 18.5. The number of nitrogens with two attached hydrogens (primary N) is 1. The van der Waals surface area contributed by atoms with Crippen LogP contribution in [0.4, 0.5) is 0 Å². The van der Waals surface area contributed by atoms with Gasteiger partial charge in [0.25, 0.3) is 0 Å². The monoisotopic (exact) mass is 691 g/mol. The van der Waals surface area contributed by atoms with Crippen molar-refractivity contribution in [2.24, 2.45) is 34.8 Å². The van der Waals surface area contributed by atoms with E-state index in [9.17, 15) is 18.3 Å². The summed E-state index contributed by atoms with van der Waals surface area (Å²) in [5, 5.41) is 14.2. The average molecular weight is 692 g/mol. The molecule has 4 atom stereocenters. The Bertz CT molecular complexity index is 1360. The number of sulfonamides is 1. The number of rotatable bonds is 22. The highest BCUT2D eigenvalue weighted by atomic mass is 32.2. The molecular weight excluding hydrogens is 630 g/mol. The number of aliphatic hydroxyl groups excluding tert-OH is 1. The molecule has 2 rings (SSSR count). The summed E-state index contributed by atoms with van der Waals surface area (Å²) in [7, 11) is -0.389. The SMILES string of the molecule is COCCCOc1cc(C[C@@H](C[C@H](N)[C@@H](O)C[C@H](C(=O)NCC(C)(C)CNS(=O)(=O)c2ccc(C)cc2)C(C)C)C(C)C)ccc1OC. The zero-order chi connectivity index (χ0) is 36.1. The van der Waals surface area contributed by atoms with E-state index in [1.165, 1.54) is 0 Å². The second kappa shape index (κ2) is 19.5. The molecule has 0 fully saturated rings. The Morgan fingerprint density at radius 1 is 0.938 bits per heavy atom. The number of amides is 1. The highest BCUT2D eigenvalue weighted by Crippen LogP contribution is 2.32. The smallest absolute Gasteiger partial charge is 0.240 e. The number of methoxy groups -OCH3 is 2. The van der Waals surface area contributed by atoms with Crippen LogP contribution in [0.25, 0.3) is 0 Å². The van der Waals surface area contributed by atoms with Crippen molar-refractivity contribution in [3.63, 3.8) is 0 Å². The molecule has 10 nitrogen and oxygen atoms in total. The average Bonchev–Trinajstić information content (AvgIpc) is 3.03. The van der Waals surface area contributed by atoms with Crippen molar-refractivity contribution in [3.05, 3.63) is 53.6 Å². The Labute approximate surface area is 289 Å². The van der Waals surface area contributed by atoms with E-state index in [1.54, 1.807) is 38.5 Å². The largest absolute Gasteiger partial charge is 0.493 e. The molecule has 272 valence electrons. The van der Waals surface area contributed by atoms with Gasteiger partial charge in [-0.2, -0.15) is 0 Å². The van der Waals surface area contributed by atoms with Gasteiger partial charge in [-0.3, -0.25) is 4.79 Å². The number of ether oxygens (including phenoxy) is 3. The fourth-order valence-corrected chi connectivity index (χ4v) is 6.72. The van der Waals surface area contributed by atoms with Gasteiger partial charge in [-0.25, -0.2) is 13.1 Å². The summed E-state index contributed by atoms with van der Waals surface area (Å²) in [6.45, 7) is 15.5. The zero-order valence-electron chi connectivity index (χ0n) is 30.5. The molecule has 0 saturated carbocycles. The Morgan fingerprint density at radius 2 is 1.60 bits per heavy atom. The minimum absolute atomic E-state index is 0.0301. The van der Waals surface area contributed by atoms with Gasteiger partial charge in [0.2, 0.25) is 15.9 Å². The number of aryl methyl sites for hydroxylation is 1. The molecule has 0 radical (unpaired) electrons. The van der Waals surface area contributed by atoms with E-state index in [0.717, 1.165) is 24.0 Å². The lowest BCUT2D eigenvalue weighted by atomic mass is 9.80. The topological polar surface area (TPSA) is 149 Å². The minimum Gasteiger partial charge on any atom is -0.493 e. The molecule has 0 bridgehead atoms. The summed E-state index contributed by atoms with van der Waals surface area (Å²) < 4.78 is 44.8. The van der Waals surface area contributed by atoms with Crippen molar-refractivity contribution in [2.45, 2.75) is 91.2 Å². The summed E-state index contributed by atoms with van der Waals surface area (Å²) in [5.41, 5.74) is 8.13. The Morgan fingerprint density at radius 3 is 2.19 bits per heavy atom. The van der Waals surface area contributed by atoms with Crippen molar-refractivity contribution in [2.75, 3.05) is 40.5 Å². The standard InChI is InChI=1S/C37H61N3O7S/c1-25(2)29(19-28-13-16-34(46-9)35(20-28)47-18-10-17-45-8)21-32(38)33(41)22-31(26(3)4)36(42)39-23-37(6,7)24-40-48(43,44)30-14-11-27(5)12-15-30/h11-16,20,25-26,29,31-33,40-41H,10,17-19,21-24,38H2,1-9H3,(H,39,42)/t29-,31-,32-,33-/m0/s1. The number of benzene rings is 2. The molecule has 11 heteroatoms. The Balaban J connectivity index is 1.99. The number of carbonyl (C=O) groups excluding carboxylic acids is 1. The number of carbonyl (C=O) groups is 1. The first kappa shape index (κ1) is 41.5. The molecule has 2 aromatic rings. The van der Waals surface area contributed by atoms with Crippen LogP contribution < -0.4 is 25.2 Å². The maximum atomic E-state index is 13.4. The molecule has 0 aliphatic heterocycles. The van der Waals surface area contributed by atoms with E-state index in [4.69, 9.17) is 19.9 Å². The fraction of sp³-hybridized carbons (Fsp3) is 0.649. The molecule has 0 aliphatic carbocycles. The van der Waals surface area contributed by atoms with Crippen LogP contribution in [0, 0.1) is 36.0 Å². The molecule has 0 unspecified atom stereocenters. The predicted molar refractivity (Wildman–Crippen MR) is 192 cm³/mol. The normalized spacial score (nSPS) is 14.9. The maximum absolute atomic E-state index is 13.4. The van der Waals surface area contributed by atoms with Crippen LogP contribution in [0.5, 0.6) is 11.5 Å². The summed E-state index contributed by atoms with van der Waals surface area (Å²) in [6.07, 6.45) is 1.49. The maximum Gasteiger partial charge on any atom is 0.240 e. The van der Waals surface area contributed by atoms with Crippen molar-refractivity contribution in [3.8, 4) is 11.5 Å². The van der Waals surface area contributed by atoms with Crippen LogP contribution in [0.15, 0.2) is 47.4 Å². The van der Waals surface area contributed by atoms with Gasteiger partial charge in [0.1, 0.15) is 0 Å². The molecular formula is C37H61N3O7S. The quantitative estimate of drug-likeness (QED) is 0.125. The molecule has 48 heavy (non-hydrogen) atoms. The third-order valence-electron chi connectivity index (χ3n) is 8.94. The second-order valence-electron chi connectivity index (χ2n) is 14.5. The van der Waals surface area contributed by atoms with Gasteiger partial charge in [-0.05, 0) is 79.2 Å². The Kier molecular flexibility index (Phi) is 16.8. The first-order chi connectivity index (χ1) is 22.5. The van der Waals surface area contributed by atoms with Crippen LogP contribution in [-0.4, -0.2) is 72.1 Å². The molecule has 0 aromatic heterocycles. The molecule has 0 spiro atoms. The lowest BCUT2D eigenvalue weighted by Crippen LogP contribution is -2.46. The lowest BCUT2D eigenvalue weighted by Gasteiger charge is -2.31. The van der Waals surface area contributed by atoms with Crippen molar-refractivity contribution >= 4 is 15.9 Å². The first-order valence-electron chi connectivity index (χ1n) is 17.1. The minimum atomic E-state index is -3.68. The van der Waals surface area contributed by atoms with Gasteiger partial charge in [0, 0.05) is 45.2 Å². The molecule has 5 N–H and O–H groups in total. The molecule has 0 saturated heterocycles. The van der Waals surface area contributed by atoms with E-state index in [1.807, 2.05) is 52.8 Å². The van der Waals surface area contributed by atoms with Gasteiger partial charge in [0.15, 0.2) is 11.5 Å². The third-order valence-corrected chi connectivity index (χ3v) is 10.4. The van der Waals surface area contributed by atoms with Crippen LogP contribution in [0.2, 0.25) is 0 Å². The molecule has 2 aromatic carbocycles. The van der Waals surface area contributed by atoms with Gasteiger partial charge in [0.05, 0.1) is 24.7 Å². The van der Waals surface area contributed by atoms with E-state index < -0.39 is 33.5 Å². The summed E-state index contributed by atoms with van der Waals surface area (Å²) in [4.78, 5) is 13.6. The van der Waals surface area contributed by atoms with E-state index in [0.29, 0.717) is 37.1 Å². The van der Waals surface area contributed by atoms with Gasteiger partial charge < -0.3 is 30.4 Å². The van der Waals surface area contributed by atoms with Crippen LogP contribution >= 0.6 is 0 Å². The summed E-state index contributed by atoms with van der Waals surface area (Å²) in [5.74, 6) is 1.21. The van der Waals surface area contributed by atoms with E-state index >= 15 is 0 Å². The van der Waals surface area contributed by atoms with Crippen molar-refractivity contribution in [1.82, 2.24) is 10.0 Å². The van der Waals surface area contributed by atoms with Crippen LogP contribution in [0.3, 0.4) is 0 Å². The number of hydrogen-bond acceptors (Lipinski definition) is 8. The highest BCUT2D eigenvalue weighted by molar-refractivity contribution is 7.89. The van der Waals surface area contributed by atoms with Gasteiger partial charge in [-0.1, -0.05) is 65.3 Å². The molecule has 1 amide bonds. The lowest BCUT2D eigenvalue weighted by molar-refractivity contribution is -0.128. The predicted octanol–water partition coefficient (Wildman–Crippen LogP) is 5.10. The third kappa shape index (κ3) is 13.7. The van der Waals surface area contributed by atoms with Crippen molar-refractivity contribution in [1.29, 1.82) is 0 Å². The van der Waals surface area contributed by atoms with Crippen molar-refractivity contribution < 1.29 is 32.5 Å². The van der Waals surface area contributed by atoms with Crippen LogP contribution in [0.1, 0.15) is 71.9 Å². The fourth-order valence-electron chi connectivity index (χ4n) is 5.47.